The molecule has 0 spiro atoms. The van der Waals surface area contributed by atoms with E-state index < -0.39 is 6.10 Å². The Hall–Kier alpha value is -1.36. The number of benzene rings is 1. The average Bonchev–Trinajstić information content (AvgIpc) is 2.94. The molecule has 2 N–H and O–H groups in total. The van der Waals surface area contributed by atoms with E-state index >= 15 is 0 Å². The van der Waals surface area contributed by atoms with Gasteiger partial charge in [0.1, 0.15) is 0 Å². The number of piperidine rings is 1. The predicted molar refractivity (Wildman–Crippen MR) is 88.2 cm³/mol. The van der Waals surface area contributed by atoms with Gasteiger partial charge in [-0.25, -0.2) is 0 Å². The van der Waals surface area contributed by atoms with Crippen molar-refractivity contribution in [2.75, 3.05) is 19.6 Å². The van der Waals surface area contributed by atoms with Crippen LogP contribution in [-0.4, -0.2) is 39.8 Å². The topological polar surface area (TPSA) is 52.1 Å². The molecule has 0 saturated carbocycles. The van der Waals surface area contributed by atoms with Gasteiger partial charge in [-0.2, -0.15) is 5.10 Å². The average molecular weight is 320 g/mol. The lowest BCUT2D eigenvalue weighted by Gasteiger charge is -2.33. The molecule has 1 aliphatic rings. The Bertz CT molecular complexity index is 628. The number of nitrogens with zero attached hydrogens (tertiary/aromatic N) is 2. The molecule has 2 aromatic rings. The van der Waals surface area contributed by atoms with Crippen LogP contribution in [0.25, 0.3) is 0 Å². The first-order valence-electron chi connectivity index (χ1n) is 7.80. The first kappa shape index (κ1) is 15.5. The minimum atomic E-state index is -0.548. The van der Waals surface area contributed by atoms with Crippen LogP contribution in [0.4, 0.5) is 0 Å². The highest BCUT2D eigenvalue weighted by molar-refractivity contribution is 6.31. The van der Waals surface area contributed by atoms with Crippen LogP contribution in [0.3, 0.4) is 0 Å². The highest BCUT2D eigenvalue weighted by Gasteiger charge is 2.25. The summed E-state index contributed by atoms with van der Waals surface area (Å²) in [5, 5.41) is 18.5. The largest absolute Gasteiger partial charge is 0.387 e. The second kappa shape index (κ2) is 6.82. The molecule has 0 amide bonds. The number of aliphatic hydroxyl groups is 1. The van der Waals surface area contributed by atoms with Crippen LogP contribution in [0, 0.1) is 6.92 Å². The number of rotatable bonds is 4. The van der Waals surface area contributed by atoms with E-state index in [0.29, 0.717) is 17.5 Å². The SMILES string of the molecule is Cc1cc([C@@H]2CCCN(C[C@H](O)c3ccccc3Cl)C2)n[nH]1. The molecule has 3 rings (SSSR count). The van der Waals surface area contributed by atoms with Gasteiger partial charge in [0.2, 0.25) is 0 Å². The van der Waals surface area contributed by atoms with E-state index in [1.54, 1.807) is 0 Å². The van der Waals surface area contributed by atoms with Crippen molar-refractivity contribution in [2.45, 2.75) is 31.8 Å². The minimum Gasteiger partial charge on any atom is -0.387 e. The molecule has 0 radical (unpaired) electrons. The van der Waals surface area contributed by atoms with Gasteiger partial charge in [-0.15, -0.1) is 0 Å². The third-order valence-electron chi connectivity index (χ3n) is 4.34. The van der Waals surface area contributed by atoms with Crippen molar-refractivity contribution in [3.05, 3.63) is 52.3 Å². The molecule has 2 heterocycles. The van der Waals surface area contributed by atoms with E-state index in [1.165, 1.54) is 0 Å². The van der Waals surface area contributed by atoms with E-state index in [0.717, 1.165) is 42.9 Å². The maximum Gasteiger partial charge on any atom is 0.0931 e. The second-order valence-electron chi connectivity index (χ2n) is 6.11. The van der Waals surface area contributed by atoms with Gasteiger partial charge < -0.3 is 5.11 Å². The van der Waals surface area contributed by atoms with Gasteiger partial charge >= 0.3 is 0 Å². The third kappa shape index (κ3) is 3.51. The van der Waals surface area contributed by atoms with Crippen LogP contribution in [0.2, 0.25) is 5.02 Å². The van der Waals surface area contributed by atoms with Crippen LogP contribution in [0.15, 0.2) is 30.3 Å². The number of hydrogen-bond acceptors (Lipinski definition) is 3. The summed E-state index contributed by atoms with van der Waals surface area (Å²) in [5.41, 5.74) is 3.04. The summed E-state index contributed by atoms with van der Waals surface area (Å²) in [6.07, 6.45) is 1.74. The smallest absolute Gasteiger partial charge is 0.0931 e. The Morgan fingerprint density at radius 3 is 3.00 bits per heavy atom. The van der Waals surface area contributed by atoms with Crippen molar-refractivity contribution in [3.63, 3.8) is 0 Å². The van der Waals surface area contributed by atoms with Crippen LogP contribution >= 0.6 is 11.6 Å². The summed E-state index contributed by atoms with van der Waals surface area (Å²) in [6.45, 7) is 4.59. The number of H-pyrrole nitrogens is 1. The standard InChI is InChI=1S/C17H22ClN3O/c1-12-9-16(20-19-12)13-5-4-8-21(10-13)11-17(22)14-6-2-3-7-15(14)18/h2-3,6-7,9,13,17,22H,4-5,8,10-11H2,1H3,(H,19,20)/t13-,17+/m1/s1. The number of likely N-dealkylation sites (tertiary alicyclic amines) is 1. The number of hydrogen-bond donors (Lipinski definition) is 2. The molecule has 0 unspecified atom stereocenters. The second-order valence-corrected chi connectivity index (χ2v) is 6.52. The summed E-state index contributed by atoms with van der Waals surface area (Å²) in [5.74, 6) is 0.442. The Morgan fingerprint density at radius 1 is 1.45 bits per heavy atom. The Labute approximate surface area is 136 Å². The Morgan fingerprint density at radius 2 is 2.27 bits per heavy atom. The van der Waals surface area contributed by atoms with E-state index in [4.69, 9.17) is 11.6 Å². The fourth-order valence-electron chi connectivity index (χ4n) is 3.20. The van der Waals surface area contributed by atoms with E-state index in [-0.39, 0.29) is 0 Å². The highest BCUT2D eigenvalue weighted by Crippen LogP contribution is 2.28. The summed E-state index contributed by atoms with van der Waals surface area (Å²) >= 11 is 6.17. The van der Waals surface area contributed by atoms with Crippen molar-refractivity contribution in [2.24, 2.45) is 0 Å². The molecule has 22 heavy (non-hydrogen) atoms. The molecule has 0 bridgehead atoms. The minimum absolute atomic E-state index is 0.442. The fraction of sp³-hybridized carbons (Fsp3) is 0.471. The van der Waals surface area contributed by atoms with Gasteiger partial charge in [0.05, 0.1) is 11.8 Å². The molecule has 118 valence electrons. The maximum atomic E-state index is 10.5. The number of halogens is 1. The molecule has 5 heteroatoms. The Balaban J connectivity index is 1.64. The monoisotopic (exact) mass is 319 g/mol. The van der Waals surface area contributed by atoms with E-state index in [9.17, 15) is 5.11 Å². The molecular formula is C17H22ClN3O. The molecule has 1 aromatic heterocycles. The molecule has 1 fully saturated rings. The quantitative estimate of drug-likeness (QED) is 0.909. The van der Waals surface area contributed by atoms with Gasteiger partial charge in [-0.1, -0.05) is 29.8 Å². The van der Waals surface area contributed by atoms with Gasteiger partial charge in [-0.05, 0) is 38.4 Å². The zero-order valence-electron chi connectivity index (χ0n) is 12.8. The zero-order valence-corrected chi connectivity index (χ0v) is 13.6. The number of aliphatic hydroxyl groups excluding tert-OH is 1. The van der Waals surface area contributed by atoms with Gasteiger partial charge in [0.15, 0.2) is 0 Å². The number of aromatic amines is 1. The molecule has 4 nitrogen and oxygen atoms in total. The summed E-state index contributed by atoms with van der Waals surface area (Å²) in [6, 6.07) is 9.64. The third-order valence-corrected chi connectivity index (χ3v) is 4.69. The first-order chi connectivity index (χ1) is 10.6. The lowest BCUT2D eigenvalue weighted by molar-refractivity contribution is 0.0951. The van der Waals surface area contributed by atoms with Crippen LogP contribution in [-0.2, 0) is 0 Å². The maximum absolute atomic E-state index is 10.5. The summed E-state index contributed by atoms with van der Waals surface area (Å²) < 4.78 is 0. The van der Waals surface area contributed by atoms with E-state index in [1.807, 2.05) is 31.2 Å². The first-order valence-corrected chi connectivity index (χ1v) is 8.18. The number of aryl methyl sites for hydroxylation is 1. The molecule has 1 saturated heterocycles. The van der Waals surface area contributed by atoms with Crippen molar-refractivity contribution in [3.8, 4) is 0 Å². The van der Waals surface area contributed by atoms with E-state index in [2.05, 4.69) is 21.2 Å². The van der Waals surface area contributed by atoms with Crippen molar-refractivity contribution >= 4 is 11.6 Å². The van der Waals surface area contributed by atoms with Crippen molar-refractivity contribution in [1.82, 2.24) is 15.1 Å². The number of nitrogens with one attached hydrogen (secondary N) is 1. The highest BCUT2D eigenvalue weighted by atomic mass is 35.5. The lowest BCUT2D eigenvalue weighted by atomic mass is 9.94. The summed E-state index contributed by atoms with van der Waals surface area (Å²) in [7, 11) is 0. The van der Waals surface area contributed by atoms with Crippen LogP contribution in [0.1, 0.15) is 41.8 Å². The lowest BCUT2D eigenvalue weighted by Crippen LogP contribution is -2.37. The molecular weight excluding hydrogens is 298 g/mol. The number of β-amino-alcohol motifs (C(OH)–C–C–N with tert-alkyl or cyclic N) is 1. The van der Waals surface area contributed by atoms with Gasteiger partial charge in [-0.3, -0.25) is 10.00 Å². The molecule has 0 aliphatic carbocycles. The molecule has 1 aliphatic heterocycles. The molecule has 2 atom stereocenters. The van der Waals surface area contributed by atoms with Crippen molar-refractivity contribution in [1.29, 1.82) is 0 Å². The zero-order chi connectivity index (χ0) is 15.5. The number of aromatic nitrogens is 2. The van der Waals surface area contributed by atoms with Crippen LogP contribution in [0.5, 0.6) is 0 Å². The predicted octanol–water partition coefficient (Wildman–Crippen LogP) is 3.28. The molecule has 1 aromatic carbocycles. The fourth-order valence-corrected chi connectivity index (χ4v) is 3.46. The van der Waals surface area contributed by atoms with Gasteiger partial charge in [0.25, 0.3) is 0 Å². The van der Waals surface area contributed by atoms with Gasteiger partial charge in [0, 0.05) is 35.3 Å². The van der Waals surface area contributed by atoms with Crippen molar-refractivity contribution < 1.29 is 5.11 Å². The summed E-state index contributed by atoms with van der Waals surface area (Å²) in [4.78, 5) is 2.31. The van der Waals surface area contributed by atoms with Crippen LogP contribution < -0.4 is 0 Å². The normalized spacial score (nSPS) is 21.0. The Kier molecular flexibility index (Phi) is 4.81.